The highest BCUT2D eigenvalue weighted by molar-refractivity contribution is 7.99. The maximum Gasteiger partial charge on any atom is 0.401 e. The van der Waals surface area contributed by atoms with Crippen LogP contribution < -0.4 is 18.3 Å². The zero-order valence-corrected chi connectivity index (χ0v) is 60.2. The van der Waals surface area contributed by atoms with Gasteiger partial charge in [-0.15, -0.1) is 0 Å². The van der Waals surface area contributed by atoms with Gasteiger partial charge in [0.15, 0.2) is 17.9 Å². The van der Waals surface area contributed by atoms with Crippen LogP contribution in [0.2, 0.25) is 0 Å². The number of aromatic nitrogens is 8. The molecular formula is C64H66N8O16S8. The first-order valence-corrected chi connectivity index (χ1v) is 38.4. The van der Waals surface area contributed by atoms with E-state index in [1.165, 1.54) is 101 Å². The lowest BCUT2D eigenvalue weighted by Gasteiger charge is -2.05. The normalized spacial score (nSPS) is 11.2. The van der Waals surface area contributed by atoms with Gasteiger partial charge in [-0.3, -0.25) is 0 Å². The van der Waals surface area contributed by atoms with E-state index in [1.54, 1.807) is 48.5 Å². The fraction of sp³-hybridized carbons (Fsp3) is 0.188. The molecule has 0 unspecified atom stereocenters. The first kappa shape index (κ1) is 76.9. The van der Waals surface area contributed by atoms with E-state index in [-0.39, 0.29) is 19.6 Å². The Labute approximate surface area is 572 Å². The predicted molar refractivity (Wildman–Crippen MR) is 362 cm³/mol. The second-order valence-corrected chi connectivity index (χ2v) is 28.8. The van der Waals surface area contributed by atoms with Crippen LogP contribution in [-0.2, 0) is 68.7 Å². The Morgan fingerprint density at radius 1 is 0.375 bits per heavy atom. The number of pyridine rings is 4. The van der Waals surface area contributed by atoms with Crippen LogP contribution in [0.25, 0.3) is 55.7 Å². The average Bonchev–Trinajstić information content (AvgIpc) is 1.57. The van der Waals surface area contributed by atoms with Crippen molar-refractivity contribution >= 4 is 143 Å². The number of fused-ring (bicyclic) bond motifs is 5. The van der Waals surface area contributed by atoms with Crippen molar-refractivity contribution in [2.75, 3.05) is 25.0 Å². The zero-order valence-electron chi connectivity index (χ0n) is 53.7. The molecule has 0 spiro atoms. The highest BCUT2D eigenvalue weighted by atomic mass is 32.2. The standard InChI is InChI=1S/C12H11N2OS.3C8H9N2OS.4C7H8O3S/c1-14-9-6-4-3-5-8(9)7-10-11(14)13-12(15-10)16-2;1-10-4-3-6-7(5-10)11-8(9-6)12-2;1-10-5-3-4-6-7(10)9-8(11-6)12-2;1-10-5-3-4-6-7(10)11-8(9-6)12-2;4*1-6-2-4-7(5-3-6)11(8,9)10/h3-7H,1-2H3;3*3-5H,1-2H3;4*2-5H,1H3,(H,8,9,10)/q4*+1;;;;/p-4. The van der Waals surface area contributed by atoms with Gasteiger partial charge in [-0.2, -0.15) is 9.55 Å². The van der Waals surface area contributed by atoms with Crippen LogP contribution in [0.5, 0.6) is 0 Å². The van der Waals surface area contributed by atoms with Crippen molar-refractivity contribution in [1.82, 2.24) is 19.9 Å². The summed E-state index contributed by atoms with van der Waals surface area (Å²) in [4.78, 5) is 16.5. The van der Waals surface area contributed by atoms with E-state index in [0.29, 0.717) is 15.7 Å². The lowest BCUT2D eigenvalue weighted by atomic mass is 10.2. The largest absolute Gasteiger partial charge is 0.744 e. The SMILES string of the molecule is CSc1nc2c(cc3ccccc3[n+]2C)o1.CSc1nc2c(ccc[n+]2C)o1.CSc1nc2cc[n+](C)cc2o1.CSc1nc2ccc[n+](C)c2o1.Cc1ccc(S(=O)(=O)[O-])cc1.Cc1ccc(S(=O)(=O)[O-])cc1.Cc1ccc(S(=O)(=O)[O-])cc1.Cc1ccc(S(=O)(=O)[O-])cc1. The molecule has 13 rings (SSSR count). The van der Waals surface area contributed by atoms with Crippen molar-refractivity contribution in [2.24, 2.45) is 28.2 Å². The second-order valence-electron chi connectivity index (χ2n) is 20.2. The number of aryl methyl sites for hydroxylation is 8. The molecule has 8 aromatic heterocycles. The van der Waals surface area contributed by atoms with E-state index in [1.807, 2.05) is 168 Å². The number of oxazole rings is 4. The van der Waals surface area contributed by atoms with Gasteiger partial charge in [-0.1, -0.05) is 113 Å². The minimum Gasteiger partial charge on any atom is -0.744 e. The van der Waals surface area contributed by atoms with Crippen molar-refractivity contribution in [3.05, 3.63) is 205 Å². The molecule has 96 heavy (non-hydrogen) atoms. The molecule has 0 bridgehead atoms. The van der Waals surface area contributed by atoms with Crippen molar-refractivity contribution in [3.8, 4) is 0 Å². The van der Waals surface area contributed by atoms with E-state index in [0.717, 1.165) is 77.8 Å². The van der Waals surface area contributed by atoms with Gasteiger partial charge in [0, 0.05) is 33.6 Å². The summed E-state index contributed by atoms with van der Waals surface area (Å²) in [5.74, 6) is 0. The average molecular weight is 1460 g/mol. The fourth-order valence-corrected chi connectivity index (χ4v) is 11.2. The summed E-state index contributed by atoms with van der Waals surface area (Å²) in [5.41, 5.74) is 11.8. The lowest BCUT2D eigenvalue weighted by Crippen LogP contribution is -2.30. The number of nitrogens with zero attached hydrogens (tertiary/aromatic N) is 8. The third-order valence-corrected chi connectivity index (χ3v) is 18.4. The number of para-hydroxylation sites is 1. The molecule has 8 heterocycles. The molecule has 0 aliphatic rings. The minimum absolute atomic E-state index is 0.178. The quantitative estimate of drug-likeness (QED) is 0.0775. The van der Waals surface area contributed by atoms with Crippen LogP contribution in [0.3, 0.4) is 0 Å². The summed E-state index contributed by atoms with van der Waals surface area (Å²) in [6.45, 7) is 7.28. The second kappa shape index (κ2) is 34.7. The molecule has 5 aromatic carbocycles. The Morgan fingerprint density at radius 2 is 0.750 bits per heavy atom. The molecule has 32 heteroatoms. The number of thioether (sulfide) groups is 4. The molecule has 0 fully saturated rings. The maximum atomic E-state index is 10.4. The van der Waals surface area contributed by atoms with Crippen LogP contribution in [-0.4, -0.2) is 96.8 Å². The van der Waals surface area contributed by atoms with Crippen molar-refractivity contribution in [2.45, 2.75) is 68.2 Å². The highest BCUT2D eigenvalue weighted by Crippen LogP contribution is 2.24. The van der Waals surface area contributed by atoms with Crippen LogP contribution in [0.4, 0.5) is 0 Å². The summed E-state index contributed by atoms with van der Waals surface area (Å²) in [6.07, 6.45) is 15.6. The summed E-state index contributed by atoms with van der Waals surface area (Å²) < 4.78 is 154. The van der Waals surface area contributed by atoms with Crippen LogP contribution in [0.15, 0.2) is 241 Å². The van der Waals surface area contributed by atoms with Crippen LogP contribution >= 0.6 is 47.0 Å². The number of rotatable bonds is 8. The maximum absolute atomic E-state index is 10.4. The topological polar surface area (TPSA) is 348 Å². The van der Waals surface area contributed by atoms with Crippen molar-refractivity contribution < 1.29 is 87.8 Å². The van der Waals surface area contributed by atoms with Gasteiger partial charge >= 0.3 is 27.5 Å². The number of hydrogen-bond acceptors (Lipinski definition) is 24. The summed E-state index contributed by atoms with van der Waals surface area (Å²) in [7, 11) is -9.21. The predicted octanol–water partition coefficient (Wildman–Crippen LogP) is 10.2. The first-order valence-electron chi connectivity index (χ1n) is 27.9. The van der Waals surface area contributed by atoms with E-state index >= 15 is 0 Å². The van der Waals surface area contributed by atoms with Gasteiger partial charge in [0.05, 0.1) is 39.9 Å². The smallest absolute Gasteiger partial charge is 0.401 e. The Balaban J connectivity index is 0.000000174. The van der Waals surface area contributed by atoms with Gasteiger partial charge in [0.1, 0.15) is 65.6 Å². The van der Waals surface area contributed by atoms with Crippen molar-refractivity contribution in [3.63, 3.8) is 0 Å². The number of benzene rings is 5. The Bertz CT molecular complexity index is 4840. The lowest BCUT2D eigenvalue weighted by molar-refractivity contribution is -0.670. The highest BCUT2D eigenvalue weighted by Gasteiger charge is 2.20. The van der Waals surface area contributed by atoms with Gasteiger partial charge in [-0.05, 0) is 149 Å². The van der Waals surface area contributed by atoms with Crippen LogP contribution in [0, 0.1) is 27.7 Å². The molecule has 0 amide bonds. The van der Waals surface area contributed by atoms with E-state index in [9.17, 15) is 51.9 Å². The first-order chi connectivity index (χ1) is 45.2. The third-order valence-electron chi connectivity index (χ3n) is 12.9. The molecule has 0 aliphatic carbocycles. The van der Waals surface area contributed by atoms with E-state index in [2.05, 4.69) is 36.6 Å². The molecule has 0 saturated heterocycles. The molecule has 0 radical (unpaired) electrons. The van der Waals surface area contributed by atoms with Gasteiger partial charge in [-0.25, -0.2) is 52.4 Å². The Kier molecular flexibility index (Phi) is 27.8. The molecule has 24 nitrogen and oxygen atoms in total. The van der Waals surface area contributed by atoms with Gasteiger partial charge in [0.25, 0.3) is 10.4 Å². The molecule has 506 valence electrons. The number of hydrogen-bond donors (Lipinski definition) is 0. The monoisotopic (exact) mass is 1460 g/mol. The molecule has 0 atom stereocenters. The van der Waals surface area contributed by atoms with E-state index < -0.39 is 40.5 Å². The minimum atomic E-state index is -4.27. The Hall–Kier alpha value is -8.12. The van der Waals surface area contributed by atoms with Gasteiger partial charge in [0.2, 0.25) is 22.9 Å². The molecule has 0 saturated carbocycles. The molecule has 0 aliphatic heterocycles. The Morgan fingerprint density at radius 3 is 1.18 bits per heavy atom. The molecular weight excluding hydrogens is 1390 g/mol. The summed E-state index contributed by atoms with van der Waals surface area (Å²) in [6, 6.07) is 43.1. The van der Waals surface area contributed by atoms with Crippen molar-refractivity contribution in [1.29, 1.82) is 0 Å². The zero-order chi connectivity index (χ0) is 70.7. The molecule has 13 aromatic rings. The van der Waals surface area contributed by atoms with E-state index in [4.69, 9.17) is 17.7 Å². The molecule has 0 N–H and O–H groups in total. The summed E-state index contributed by atoms with van der Waals surface area (Å²) in [5, 5.41) is 4.03. The van der Waals surface area contributed by atoms with Crippen LogP contribution in [0.1, 0.15) is 22.3 Å². The fourth-order valence-electron chi connectivity index (χ4n) is 7.92. The summed E-state index contributed by atoms with van der Waals surface area (Å²) >= 11 is 6.06. The van der Waals surface area contributed by atoms with Gasteiger partial charge < -0.3 is 35.9 Å². The third kappa shape index (κ3) is 23.0.